The van der Waals surface area contributed by atoms with E-state index < -0.39 is 12.0 Å². The van der Waals surface area contributed by atoms with Crippen LogP contribution in [0.15, 0.2) is 9.98 Å². The molecule has 2 aliphatic carbocycles. The number of nitrogens with zero attached hydrogens (tertiary/aromatic N) is 3. The van der Waals surface area contributed by atoms with Crippen molar-refractivity contribution in [1.29, 1.82) is 0 Å². The number of hydrogen-bond donors (Lipinski definition) is 3. The van der Waals surface area contributed by atoms with Crippen molar-refractivity contribution in [3.05, 3.63) is 10.1 Å². The quantitative estimate of drug-likeness (QED) is 0.502. The van der Waals surface area contributed by atoms with Crippen LogP contribution in [0.25, 0.3) is 0 Å². The summed E-state index contributed by atoms with van der Waals surface area (Å²) in [5, 5.41) is 27.2. The van der Waals surface area contributed by atoms with Gasteiger partial charge in [0.05, 0.1) is 24.4 Å². The molecule has 4 aliphatic rings. The normalized spacial score (nSPS) is 39.4. The van der Waals surface area contributed by atoms with Gasteiger partial charge in [-0.25, -0.2) is 0 Å². The lowest BCUT2D eigenvalue weighted by Crippen LogP contribution is -2.47. The van der Waals surface area contributed by atoms with Gasteiger partial charge in [0.1, 0.15) is 17.7 Å². The highest BCUT2D eigenvalue weighted by atomic mass is 16.6. The average molecular weight is 349 g/mol. The Morgan fingerprint density at radius 1 is 1.16 bits per heavy atom. The maximum absolute atomic E-state index is 11.2. The predicted molar refractivity (Wildman–Crippen MR) is 90.5 cm³/mol. The second-order valence-corrected chi connectivity index (χ2v) is 7.52. The third kappa shape index (κ3) is 3.07. The molecule has 0 spiro atoms. The lowest BCUT2D eigenvalue weighted by Gasteiger charge is -2.27. The van der Waals surface area contributed by atoms with Gasteiger partial charge < -0.3 is 15.7 Å². The zero-order valence-electron chi connectivity index (χ0n) is 13.9. The summed E-state index contributed by atoms with van der Waals surface area (Å²) in [6.45, 7) is 0. The van der Waals surface area contributed by atoms with Crippen LogP contribution >= 0.6 is 0 Å². The third-order valence-electron chi connectivity index (χ3n) is 5.92. The smallest absolute Gasteiger partial charge is 0.306 e. The van der Waals surface area contributed by atoms with Gasteiger partial charge in [-0.05, 0) is 32.1 Å². The molecule has 25 heavy (non-hydrogen) atoms. The van der Waals surface area contributed by atoms with E-state index in [-0.39, 0.29) is 35.0 Å². The molecule has 0 aromatic carbocycles. The molecule has 0 bridgehead atoms. The number of hydrogen-bond acceptors (Lipinski definition) is 7. The molecular weight excluding hydrogens is 326 g/mol. The molecular formula is C16H23N5O4. The minimum Gasteiger partial charge on any atom is -0.481 e. The van der Waals surface area contributed by atoms with Crippen LogP contribution < -0.4 is 10.6 Å². The minimum absolute atomic E-state index is 0.0145. The summed E-state index contributed by atoms with van der Waals surface area (Å²) in [6, 6.07) is -0.595. The molecule has 9 heteroatoms. The van der Waals surface area contributed by atoms with E-state index in [0.717, 1.165) is 30.9 Å². The Balaban J connectivity index is 1.41. The Bertz CT molecular complexity index is 648. The number of nitrogens with one attached hydrogen (secondary N) is 2. The summed E-state index contributed by atoms with van der Waals surface area (Å²) >= 11 is 0. The monoisotopic (exact) mass is 349 g/mol. The number of carbonyl (C=O) groups is 1. The number of carboxylic acid groups (broad SMARTS) is 1. The maximum Gasteiger partial charge on any atom is 0.306 e. The number of aliphatic carboxylic acids is 1. The zero-order chi connectivity index (χ0) is 17.6. The molecule has 6 atom stereocenters. The molecule has 2 saturated carbocycles. The first-order chi connectivity index (χ1) is 12.0. The van der Waals surface area contributed by atoms with Gasteiger partial charge in [-0.3, -0.25) is 24.9 Å². The summed E-state index contributed by atoms with van der Waals surface area (Å²) in [7, 11) is 0. The SMILES string of the molecule is O=C(O)C1CCC2NC(CC3=NC4C(CCCC4[N+](=O)[O-])N3)=NC2C1. The first-order valence-electron chi connectivity index (χ1n) is 9.04. The number of rotatable bonds is 4. The van der Waals surface area contributed by atoms with Gasteiger partial charge in [0.25, 0.3) is 0 Å². The molecule has 0 saturated heterocycles. The first-order valence-corrected chi connectivity index (χ1v) is 9.04. The van der Waals surface area contributed by atoms with Crippen molar-refractivity contribution in [2.75, 3.05) is 0 Å². The summed E-state index contributed by atoms with van der Waals surface area (Å²) in [5.41, 5.74) is 0. The number of aliphatic imine (C=N–C) groups is 2. The highest BCUT2D eigenvalue weighted by Crippen LogP contribution is 2.31. The topological polar surface area (TPSA) is 129 Å². The van der Waals surface area contributed by atoms with Gasteiger partial charge in [0.2, 0.25) is 6.04 Å². The highest BCUT2D eigenvalue weighted by molar-refractivity contribution is 6.04. The highest BCUT2D eigenvalue weighted by Gasteiger charge is 2.45. The Morgan fingerprint density at radius 2 is 1.92 bits per heavy atom. The fraction of sp³-hybridized carbons (Fsp3) is 0.812. The molecule has 136 valence electrons. The van der Waals surface area contributed by atoms with Gasteiger partial charge in [0.15, 0.2) is 0 Å². The number of nitro groups is 1. The summed E-state index contributed by atoms with van der Waals surface area (Å²) in [4.78, 5) is 31.5. The standard InChI is InChI=1S/C16H23N5O4/c22-16(23)8-4-5-9-11(6-8)19-13(17-9)7-14-18-10-2-1-3-12(21(24)25)15(10)20-14/h8-12,15H,1-7H2,(H,17,19)(H,18,20)(H,22,23). The van der Waals surface area contributed by atoms with Crippen LogP contribution in [0.5, 0.6) is 0 Å². The van der Waals surface area contributed by atoms with E-state index in [0.29, 0.717) is 25.7 Å². The van der Waals surface area contributed by atoms with Crippen molar-refractivity contribution in [2.24, 2.45) is 15.9 Å². The van der Waals surface area contributed by atoms with Crippen molar-refractivity contribution in [3.8, 4) is 0 Å². The van der Waals surface area contributed by atoms with Gasteiger partial charge in [0, 0.05) is 17.4 Å². The van der Waals surface area contributed by atoms with Crippen LogP contribution in [0.4, 0.5) is 0 Å². The lowest BCUT2D eigenvalue weighted by atomic mass is 9.83. The van der Waals surface area contributed by atoms with Gasteiger partial charge in [-0.1, -0.05) is 0 Å². The summed E-state index contributed by atoms with van der Waals surface area (Å²) < 4.78 is 0. The van der Waals surface area contributed by atoms with E-state index in [2.05, 4.69) is 20.6 Å². The van der Waals surface area contributed by atoms with Gasteiger partial charge >= 0.3 is 5.97 Å². The summed E-state index contributed by atoms with van der Waals surface area (Å²) in [6.07, 6.45) is 4.93. The molecule has 4 rings (SSSR count). The molecule has 6 unspecified atom stereocenters. The van der Waals surface area contributed by atoms with Crippen molar-refractivity contribution in [3.63, 3.8) is 0 Å². The minimum atomic E-state index is -0.737. The van der Waals surface area contributed by atoms with Crippen LogP contribution in [0.1, 0.15) is 44.9 Å². The Kier molecular flexibility index (Phi) is 4.09. The van der Waals surface area contributed by atoms with Crippen molar-refractivity contribution in [1.82, 2.24) is 10.6 Å². The molecule has 2 aliphatic heterocycles. The Morgan fingerprint density at radius 3 is 2.68 bits per heavy atom. The van der Waals surface area contributed by atoms with Crippen LogP contribution in [0, 0.1) is 16.0 Å². The van der Waals surface area contributed by atoms with E-state index in [1.165, 1.54) is 0 Å². The van der Waals surface area contributed by atoms with Crippen LogP contribution in [-0.2, 0) is 4.79 Å². The van der Waals surface area contributed by atoms with E-state index in [4.69, 9.17) is 0 Å². The second kappa shape index (κ2) is 6.27. The van der Waals surface area contributed by atoms with Gasteiger partial charge in [-0.2, -0.15) is 0 Å². The van der Waals surface area contributed by atoms with Crippen LogP contribution in [0.3, 0.4) is 0 Å². The second-order valence-electron chi connectivity index (χ2n) is 7.52. The zero-order valence-corrected chi connectivity index (χ0v) is 13.9. The Hall–Kier alpha value is -2.19. The summed E-state index contributed by atoms with van der Waals surface area (Å²) in [5.74, 6) is 0.544. The molecule has 0 radical (unpaired) electrons. The molecule has 0 aromatic rings. The fourth-order valence-corrected chi connectivity index (χ4v) is 4.64. The molecule has 3 N–H and O–H groups in total. The van der Waals surface area contributed by atoms with Crippen LogP contribution in [0.2, 0.25) is 0 Å². The van der Waals surface area contributed by atoms with Gasteiger partial charge in [-0.15, -0.1) is 0 Å². The van der Waals surface area contributed by atoms with E-state index in [1.807, 2.05) is 0 Å². The van der Waals surface area contributed by atoms with Crippen molar-refractivity contribution >= 4 is 17.6 Å². The molecule has 0 amide bonds. The van der Waals surface area contributed by atoms with Crippen molar-refractivity contribution in [2.45, 2.75) is 75.2 Å². The fourth-order valence-electron chi connectivity index (χ4n) is 4.64. The molecule has 2 heterocycles. The van der Waals surface area contributed by atoms with Crippen molar-refractivity contribution < 1.29 is 14.8 Å². The molecule has 2 fully saturated rings. The molecule has 0 aromatic heterocycles. The average Bonchev–Trinajstić information content (AvgIpc) is 3.15. The van der Waals surface area contributed by atoms with E-state index >= 15 is 0 Å². The maximum atomic E-state index is 11.2. The largest absolute Gasteiger partial charge is 0.481 e. The number of amidine groups is 2. The lowest BCUT2D eigenvalue weighted by molar-refractivity contribution is -0.528. The predicted octanol–water partition coefficient (Wildman–Crippen LogP) is 0.568. The molecule has 9 nitrogen and oxygen atoms in total. The van der Waals surface area contributed by atoms with Crippen LogP contribution in [-0.4, -0.2) is 57.9 Å². The third-order valence-corrected chi connectivity index (χ3v) is 5.92. The first kappa shape index (κ1) is 16.3. The number of fused-ring (bicyclic) bond motifs is 2. The van der Waals surface area contributed by atoms with E-state index in [9.17, 15) is 20.0 Å². The Labute approximate surface area is 145 Å². The van der Waals surface area contributed by atoms with E-state index in [1.54, 1.807) is 0 Å². The number of carboxylic acids is 1.